The molecule has 1 aromatic carbocycles. The second-order valence-electron chi connectivity index (χ2n) is 3.51. The molecule has 1 N–H and O–H groups in total. The normalized spacial score (nSPS) is 10.4. The van der Waals surface area contributed by atoms with Crippen molar-refractivity contribution in [3.8, 4) is 11.6 Å². The van der Waals surface area contributed by atoms with Crippen LogP contribution in [0.1, 0.15) is 5.56 Å². The van der Waals surface area contributed by atoms with Crippen LogP contribution in [0.4, 0.5) is 4.39 Å². The second kappa shape index (κ2) is 5.75. The highest BCUT2D eigenvalue weighted by Crippen LogP contribution is 2.23. The zero-order chi connectivity index (χ0) is 13.0. The highest BCUT2D eigenvalue weighted by atomic mass is 35.5. The minimum Gasteiger partial charge on any atom is -0.436 e. The first-order chi connectivity index (χ1) is 8.69. The van der Waals surface area contributed by atoms with Crippen molar-refractivity contribution in [1.82, 2.24) is 9.97 Å². The van der Waals surface area contributed by atoms with E-state index in [2.05, 4.69) is 9.97 Å². The predicted molar refractivity (Wildman–Crippen MR) is 64.3 cm³/mol. The highest BCUT2D eigenvalue weighted by Gasteiger charge is 2.08. The van der Waals surface area contributed by atoms with E-state index in [1.165, 1.54) is 0 Å². The highest BCUT2D eigenvalue weighted by molar-refractivity contribution is 6.28. The molecule has 0 aliphatic rings. The number of aromatic nitrogens is 2. The summed E-state index contributed by atoms with van der Waals surface area (Å²) in [5.74, 6) is -0.464. The van der Waals surface area contributed by atoms with Crippen molar-refractivity contribution in [1.29, 1.82) is 0 Å². The molecule has 0 aliphatic carbocycles. The molecule has 0 atom stereocenters. The Morgan fingerprint density at radius 3 is 2.67 bits per heavy atom. The van der Waals surface area contributed by atoms with Gasteiger partial charge in [0.05, 0.1) is 6.20 Å². The summed E-state index contributed by atoms with van der Waals surface area (Å²) in [7, 11) is 0. The van der Waals surface area contributed by atoms with Crippen LogP contribution in [0, 0.1) is 5.82 Å². The minimum atomic E-state index is -0.682. The Morgan fingerprint density at radius 1 is 1.28 bits per heavy atom. The molecule has 6 heteroatoms. The van der Waals surface area contributed by atoms with Gasteiger partial charge >= 0.3 is 0 Å². The fourth-order valence-electron chi connectivity index (χ4n) is 1.37. The van der Waals surface area contributed by atoms with Gasteiger partial charge in [0, 0.05) is 6.61 Å². The minimum absolute atomic E-state index is 0.0797. The topological polar surface area (TPSA) is 55.2 Å². The Balaban J connectivity index is 2.15. The molecule has 0 bridgehead atoms. The number of benzene rings is 1. The first-order valence-corrected chi connectivity index (χ1v) is 5.62. The molecule has 1 heterocycles. The van der Waals surface area contributed by atoms with Crippen molar-refractivity contribution < 1.29 is 14.2 Å². The molecule has 0 spiro atoms. The van der Waals surface area contributed by atoms with Crippen LogP contribution in [-0.2, 0) is 6.42 Å². The molecule has 0 amide bonds. The van der Waals surface area contributed by atoms with Crippen molar-refractivity contribution >= 4 is 11.6 Å². The molecule has 0 unspecified atom stereocenters. The van der Waals surface area contributed by atoms with Gasteiger partial charge in [0.2, 0.25) is 11.1 Å². The van der Waals surface area contributed by atoms with E-state index in [0.29, 0.717) is 12.2 Å². The van der Waals surface area contributed by atoms with Crippen molar-refractivity contribution in [3.63, 3.8) is 0 Å². The van der Waals surface area contributed by atoms with Crippen LogP contribution in [0.3, 0.4) is 0 Å². The maximum Gasteiger partial charge on any atom is 0.260 e. The van der Waals surface area contributed by atoms with Gasteiger partial charge < -0.3 is 9.84 Å². The molecule has 2 rings (SSSR count). The van der Waals surface area contributed by atoms with Gasteiger partial charge in [-0.05, 0) is 35.7 Å². The fourth-order valence-corrected chi connectivity index (χ4v) is 1.49. The van der Waals surface area contributed by atoms with Crippen LogP contribution in [-0.4, -0.2) is 21.7 Å². The zero-order valence-electron chi connectivity index (χ0n) is 9.31. The van der Waals surface area contributed by atoms with Crippen LogP contribution in [0.15, 0.2) is 30.5 Å². The van der Waals surface area contributed by atoms with E-state index >= 15 is 0 Å². The SMILES string of the molecule is OCCc1ccc(Oc2nc(Cl)ncc2F)cc1. The van der Waals surface area contributed by atoms with Gasteiger partial charge in [-0.2, -0.15) is 9.37 Å². The molecular formula is C12H10ClFN2O2. The quantitative estimate of drug-likeness (QED) is 0.866. The van der Waals surface area contributed by atoms with E-state index < -0.39 is 5.82 Å². The fraction of sp³-hybridized carbons (Fsp3) is 0.167. The summed E-state index contributed by atoms with van der Waals surface area (Å²) in [6.07, 6.45) is 1.51. The molecule has 0 fully saturated rings. The molecule has 0 saturated carbocycles. The lowest BCUT2D eigenvalue weighted by Crippen LogP contribution is -1.95. The zero-order valence-corrected chi connectivity index (χ0v) is 10.1. The average molecular weight is 269 g/mol. The Kier molecular flexibility index (Phi) is 4.07. The summed E-state index contributed by atoms with van der Waals surface area (Å²) in [5, 5.41) is 8.70. The molecule has 0 radical (unpaired) electrons. The molecular weight excluding hydrogens is 259 g/mol. The largest absolute Gasteiger partial charge is 0.436 e. The van der Waals surface area contributed by atoms with Crippen LogP contribution < -0.4 is 4.74 Å². The lowest BCUT2D eigenvalue weighted by molar-refractivity contribution is 0.299. The lowest BCUT2D eigenvalue weighted by atomic mass is 10.1. The van der Waals surface area contributed by atoms with Crippen LogP contribution in [0.25, 0.3) is 0 Å². The number of nitrogens with zero attached hydrogens (tertiary/aromatic N) is 2. The van der Waals surface area contributed by atoms with Gasteiger partial charge in [-0.25, -0.2) is 4.98 Å². The van der Waals surface area contributed by atoms with Crippen molar-refractivity contribution in [2.75, 3.05) is 6.61 Å². The lowest BCUT2D eigenvalue weighted by Gasteiger charge is -2.06. The van der Waals surface area contributed by atoms with Gasteiger partial charge in [0.15, 0.2) is 0 Å². The monoisotopic (exact) mass is 268 g/mol. The third kappa shape index (κ3) is 3.15. The predicted octanol–water partition coefficient (Wildman–Crippen LogP) is 2.60. The van der Waals surface area contributed by atoms with E-state index in [1.54, 1.807) is 24.3 Å². The van der Waals surface area contributed by atoms with E-state index in [9.17, 15) is 4.39 Å². The van der Waals surface area contributed by atoms with Gasteiger partial charge in [0.1, 0.15) is 5.75 Å². The van der Waals surface area contributed by atoms with Crippen LogP contribution in [0.5, 0.6) is 11.6 Å². The molecule has 1 aromatic heterocycles. The van der Waals surface area contributed by atoms with Gasteiger partial charge in [-0.15, -0.1) is 0 Å². The third-order valence-corrected chi connectivity index (χ3v) is 2.40. The summed E-state index contributed by atoms with van der Waals surface area (Å²) in [6, 6.07) is 6.90. The van der Waals surface area contributed by atoms with Crippen molar-refractivity contribution in [2.45, 2.75) is 6.42 Å². The number of aliphatic hydroxyl groups excluding tert-OH is 1. The molecule has 0 aliphatic heterocycles. The van der Waals surface area contributed by atoms with Gasteiger partial charge in [-0.1, -0.05) is 12.1 Å². The first-order valence-electron chi connectivity index (χ1n) is 5.25. The number of ether oxygens (including phenoxy) is 1. The Labute approximate surface area is 108 Å². The summed E-state index contributed by atoms with van der Waals surface area (Å²) in [5.41, 5.74) is 0.964. The summed E-state index contributed by atoms with van der Waals surface area (Å²) in [6.45, 7) is 0.0797. The number of hydrogen-bond acceptors (Lipinski definition) is 4. The van der Waals surface area contributed by atoms with Crippen molar-refractivity contribution in [3.05, 3.63) is 47.1 Å². The summed E-state index contributed by atoms with van der Waals surface area (Å²) >= 11 is 5.55. The molecule has 0 saturated heterocycles. The van der Waals surface area contributed by atoms with Gasteiger partial charge in [-0.3, -0.25) is 0 Å². The summed E-state index contributed by atoms with van der Waals surface area (Å²) < 4.78 is 18.6. The smallest absolute Gasteiger partial charge is 0.260 e. The van der Waals surface area contributed by atoms with E-state index in [4.69, 9.17) is 21.4 Å². The number of hydrogen-bond donors (Lipinski definition) is 1. The second-order valence-corrected chi connectivity index (χ2v) is 3.85. The van der Waals surface area contributed by atoms with E-state index in [-0.39, 0.29) is 17.8 Å². The standard InChI is InChI=1S/C12H10ClFN2O2/c13-12-15-7-10(14)11(16-12)18-9-3-1-8(2-4-9)5-6-17/h1-4,7,17H,5-6H2. The maximum absolute atomic E-state index is 13.3. The maximum atomic E-state index is 13.3. The Morgan fingerprint density at radius 2 is 2.00 bits per heavy atom. The molecule has 4 nitrogen and oxygen atoms in total. The first kappa shape index (κ1) is 12.7. The number of aliphatic hydroxyl groups is 1. The molecule has 94 valence electrons. The average Bonchev–Trinajstić information content (AvgIpc) is 2.37. The number of rotatable bonds is 4. The van der Waals surface area contributed by atoms with Crippen LogP contribution in [0.2, 0.25) is 5.28 Å². The summed E-state index contributed by atoms with van der Waals surface area (Å²) in [4.78, 5) is 7.13. The van der Waals surface area contributed by atoms with Crippen LogP contribution >= 0.6 is 11.6 Å². The Bertz CT molecular complexity index is 534. The van der Waals surface area contributed by atoms with E-state index in [0.717, 1.165) is 11.8 Å². The molecule has 2 aromatic rings. The Hall–Kier alpha value is -1.72. The number of halogens is 2. The third-order valence-electron chi connectivity index (χ3n) is 2.22. The van der Waals surface area contributed by atoms with Crippen molar-refractivity contribution in [2.24, 2.45) is 0 Å². The van der Waals surface area contributed by atoms with Gasteiger partial charge in [0.25, 0.3) is 5.88 Å². The van der Waals surface area contributed by atoms with E-state index in [1.807, 2.05) is 0 Å². The molecule has 18 heavy (non-hydrogen) atoms.